The molecule has 1 aromatic rings. The first-order valence-electron chi connectivity index (χ1n) is 3.93. The van der Waals surface area contributed by atoms with Gasteiger partial charge in [0.2, 0.25) is 5.89 Å². The van der Waals surface area contributed by atoms with Gasteiger partial charge >= 0.3 is 0 Å². The molecular weight excluding hydrogens is 154 g/mol. The van der Waals surface area contributed by atoms with Crippen molar-refractivity contribution in [2.75, 3.05) is 7.05 Å². The molecule has 4 heteroatoms. The summed E-state index contributed by atoms with van der Waals surface area (Å²) in [5.74, 6) is 0.748. The smallest absolute Gasteiger partial charge is 0.218 e. The predicted octanol–water partition coefficient (Wildman–Crippen LogP) is 1.43. The van der Waals surface area contributed by atoms with Gasteiger partial charge in [-0.3, -0.25) is 5.01 Å². The minimum Gasteiger partial charge on any atom is -0.447 e. The summed E-state index contributed by atoms with van der Waals surface area (Å²) in [7, 11) is 1.94. The molecule has 1 atom stereocenters. The van der Waals surface area contributed by atoms with Crippen molar-refractivity contribution in [1.82, 2.24) is 9.99 Å². The Morgan fingerprint density at radius 3 is 3.00 bits per heavy atom. The molecule has 0 aromatic carbocycles. The molecule has 0 fully saturated rings. The van der Waals surface area contributed by atoms with Crippen molar-refractivity contribution in [2.45, 2.75) is 19.4 Å². The molecule has 0 saturated carbocycles. The van der Waals surface area contributed by atoms with E-state index in [0.29, 0.717) is 0 Å². The standard InChI is InChI=1S/C8H11N3O/c1-6-5-7(11(2)10-6)8-9-3-4-12-8/h3-4,7H,5H2,1-2H3. The lowest BCUT2D eigenvalue weighted by molar-refractivity contribution is 0.245. The summed E-state index contributed by atoms with van der Waals surface area (Å²) >= 11 is 0. The molecule has 12 heavy (non-hydrogen) atoms. The van der Waals surface area contributed by atoms with Crippen molar-refractivity contribution in [3.05, 3.63) is 18.4 Å². The van der Waals surface area contributed by atoms with Crippen molar-refractivity contribution in [3.8, 4) is 0 Å². The van der Waals surface area contributed by atoms with Crippen LogP contribution in [-0.2, 0) is 0 Å². The van der Waals surface area contributed by atoms with Gasteiger partial charge in [-0.25, -0.2) is 4.98 Å². The van der Waals surface area contributed by atoms with E-state index < -0.39 is 0 Å². The lowest BCUT2D eigenvalue weighted by Crippen LogP contribution is -2.13. The Labute approximate surface area is 70.9 Å². The van der Waals surface area contributed by atoms with Crippen molar-refractivity contribution < 1.29 is 4.42 Å². The van der Waals surface area contributed by atoms with E-state index in [9.17, 15) is 0 Å². The Morgan fingerprint density at radius 2 is 2.50 bits per heavy atom. The van der Waals surface area contributed by atoms with Gasteiger partial charge < -0.3 is 4.42 Å². The molecule has 64 valence electrons. The summed E-state index contributed by atoms with van der Waals surface area (Å²) in [4.78, 5) is 4.10. The van der Waals surface area contributed by atoms with E-state index in [4.69, 9.17) is 4.42 Å². The SMILES string of the molecule is CC1=NN(C)C(c2ncco2)C1. The van der Waals surface area contributed by atoms with Crippen LogP contribution in [0.15, 0.2) is 22.0 Å². The largest absolute Gasteiger partial charge is 0.447 e. The van der Waals surface area contributed by atoms with E-state index in [1.165, 1.54) is 0 Å². The Morgan fingerprint density at radius 1 is 1.67 bits per heavy atom. The minimum absolute atomic E-state index is 0.194. The summed E-state index contributed by atoms with van der Waals surface area (Å²) in [5, 5.41) is 6.17. The Hall–Kier alpha value is -1.32. The molecule has 1 unspecified atom stereocenters. The highest BCUT2D eigenvalue weighted by Crippen LogP contribution is 2.27. The first kappa shape index (κ1) is 7.34. The zero-order valence-corrected chi connectivity index (χ0v) is 7.19. The third-order valence-corrected chi connectivity index (χ3v) is 2.00. The number of oxazole rings is 1. The molecule has 0 saturated heterocycles. The fourth-order valence-corrected chi connectivity index (χ4v) is 1.44. The van der Waals surface area contributed by atoms with Gasteiger partial charge in [0, 0.05) is 19.2 Å². The van der Waals surface area contributed by atoms with Crippen LogP contribution in [0.3, 0.4) is 0 Å². The van der Waals surface area contributed by atoms with Gasteiger partial charge in [0.15, 0.2) is 0 Å². The number of hydrogen-bond acceptors (Lipinski definition) is 4. The summed E-state index contributed by atoms with van der Waals surface area (Å²) in [6, 6.07) is 0.194. The van der Waals surface area contributed by atoms with E-state index in [2.05, 4.69) is 10.1 Å². The fraction of sp³-hybridized carbons (Fsp3) is 0.500. The second kappa shape index (κ2) is 2.62. The topological polar surface area (TPSA) is 41.6 Å². The van der Waals surface area contributed by atoms with Crippen molar-refractivity contribution in [2.24, 2.45) is 5.10 Å². The first-order valence-corrected chi connectivity index (χ1v) is 3.93. The van der Waals surface area contributed by atoms with Crippen molar-refractivity contribution >= 4 is 5.71 Å². The molecule has 4 nitrogen and oxygen atoms in total. The Bertz CT molecular complexity index is 291. The van der Waals surface area contributed by atoms with E-state index in [0.717, 1.165) is 18.0 Å². The first-order chi connectivity index (χ1) is 5.77. The molecule has 1 aliphatic heterocycles. The molecular formula is C8H11N3O. The average Bonchev–Trinajstić information content (AvgIpc) is 2.58. The number of rotatable bonds is 1. The molecule has 0 spiro atoms. The molecule has 2 heterocycles. The van der Waals surface area contributed by atoms with E-state index >= 15 is 0 Å². The van der Waals surface area contributed by atoms with Gasteiger partial charge in [0.1, 0.15) is 12.3 Å². The van der Waals surface area contributed by atoms with Gasteiger partial charge in [0.05, 0.1) is 6.20 Å². The normalized spacial score (nSPS) is 23.0. The maximum absolute atomic E-state index is 5.21. The third kappa shape index (κ3) is 1.09. The maximum Gasteiger partial charge on any atom is 0.218 e. The van der Waals surface area contributed by atoms with Crippen LogP contribution >= 0.6 is 0 Å². The maximum atomic E-state index is 5.21. The van der Waals surface area contributed by atoms with Crippen LogP contribution < -0.4 is 0 Å². The lowest BCUT2D eigenvalue weighted by Gasteiger charge is -2.14. The van der Waals surface area contributed by atoms with Crippen LogP contribution in [0.25, 0.3) is 0 Å². The minimum atomic E-state index is 0.194. The molecule has 1 aromatic heterocycles. The van der Waals surface area contributed by atoms with Crippen molar-refractivity contribution in [1.29, 1.82) is 0 Å². The van der Waals surface area contributed by atoms with Crippen LogP contribution in [-0.4, -0.2) is 22.8 Å². The van der Waals surface area contributed by atoms with Crippen LogP contribution in [0.2, 0.25) is 0 Å². The third-order valence-electron chi connectivity index (χ3n) is 2.00. The summed E-state index contributed by atoms with van der Waals surface area (Å²) in [6.07, 6.45) is 4.17. The zero-order valence-electron chi connectivity index (χ0n) is 7.19. The molecule has 0 aliphatic carbocycles. The Kier molecular flexibility index (Phi) is 1.60. The highest BCUT2D eigenvalue weighted by molar-refractivity contribution is 5.83. The van der Waals surface area contributed by atoms with E-state index in [-0.39, 0.29) is 6.04 Å². The highest BCUT2D eigenvalue weighted by Gasteiger charge is 2.26. The van der Waals surface area contributed by atoms with Gasteiger partial charge in [0.25, 0.3) is 0 Å². The number of hydrogen-bond donors (Lipinski definition) is 0. The molecule has 1 aliphatic rings. The number of nitrogens with zero attached hydrogens (tertiary/aromatic N) is 3. The summed E-state index contributed by atoms with van der Waals surface area (Å²) < 4.78 is 5.21. The summed E-state index contributed by atoms with van der Waals surface area (Å²) in [6.45, 7) is 2.01. The molecule has 2 rings (SSSR count). The van der Waals surface area contributed by atoms with Gasteiger partial charge in [-0.05, 0) is 6.92 Å². The van der Waals surface area contributed by atoms with Gasteiger partial charge in [-0.1, -0.05) is 0 Å². The Balaban J connectivity index is 2.19. The molecule has 0 radical (unpaired) electrons. The van der Waals surface area contributed by atoms with E-state index in [1.807, 2.05) is 19.0 Å². The van der Waals surface area contributed by atoms with E-state index in [1.54, 1.807) is 12.5 Å². The second-order valence-corrected chi connectivity index (χ2v) is 3.00. The highest BCUT2D eigenvalue weighted by atomic mass is 16.3. The second-order valence-electron chi connectivity index (χ2n) is 3.00. The number of aromatic nitrogens is 1. The molecule has 0 bridgehead atoms. The predicted molar refractivity (Wildman–Crippen MR) is 44.7 cm³/mol. The quantitative estimate of drug-likeness (QED) is 0.632. The molecule has 0 N–H and O–H groups in total. The van der Waals surface area contributed by atoms with Crippen LogP contribution in [0.5, 0.6) is 0 Å². The fourth-order valence-electron chi connectivity index (χ4n) is 1.44. The molecule has 0 amide bonds. The average molecular weight is 165 g/mol. The zero-order chi connectivity index (χ0) is 8.55. The van der Waals surface area contributed by atoms with Gasteiger partial charge in [-0.15, -0.1) is 0 Å². The van der Waals surface area contributed by atoms with Crippen LogP contribution in [0.4, 0.5) is 0 Å². The monoisotopic (exact) mass is 165 g/mol. The van der Waals surface area contributed by atoms with Crippen LogP contribution in [0.1, 0.15) is 25.3 Å². The number of hydrazone groups is 1. The van der Waals surface area contributed by atoms with Crippen LogP contribution in [0, 0.1) is 0 Å². The lowest BCUT2D eigenvalue weighted by atomic mass is 10.2. The summed E-state index contributed by atoms with van der Waals surface area (Å²) in [5.41, 5.74) is 1.13. The van der Waals surface area contributed by atoms with Gasteiger partial charge in [-0.2, -0.15) is 5.10 Å². The van der Waals surface area contributed by atoms with Crippen molar-refractivity contribution in [3.63, 3.8) is 0 Å².